The van der Waals surface area contributed by atoms with Crippen molar-refractivity contribution in [3.8, 4) is 5.75 Å². The van der Waals surface area contributed by atoms with Gasteiger partial charge in [-0.3, -0.25) is 0 Å². The van der Waals surface area contributed by atoms with Crippen LogP contribution in [0.5, 0.6) is 5.75 Å². The summed E-state index contributed by atoms with van der Waals surface area (Å²) in [4.78, 5) is 0. The molecule has 1 unspecified atom stereocenters. The van der Waals surface area contributed by atoms with Gasteiger partial charge in [-0.05, 0) is 23.0 Å². The van der Waals surface area contributed by atoms with Crippen LogP contribution >= 0.6 is 23.2 Å². The van der Waals surface area contributed by atoms with Crippen molar-refractivity contribution >= 4 is 23.2 Å². The Morgan fingerprint density at radius 1 is 1.24 bits per heavy atom. The zero-order valence-corrected chi connectivity index (χ0v) is 14.4. The molecule has 0 spiro atoms. The predicted octanol–water partition coefficient (Wildman–Crippen LogP) is 3.76. The van der Waals surface area contributed by atoms with Gasteiger partial charge >= 0.3 is 0 Å². The van der Waals surface area contributed by atoms with E-state index in [2.05, 4.69) is 33.0 Å². The Bertz CT molecular complexity index is 503. The number of hydrogen-bond donors (Lipinski definition) is 2. The second kappa shape index (κ2) is 5.96. The minimum atomic E-state index is -0.591. The molecule has 0 bridgehead atoms. The normalized spacial score (nSPS) is 21.1. The Hall–Kier alpha value is -0.480. The number of aliphatic hydroxyl groups excluding tert-OH is 1. The Kier molecular flexibility index (Phi) is 4.79. The second-order valence-corrected chi connectivity index (χ2v) is 7.67. The van der Waals surface area contributed by atoms with Gasteiger partial charge in [0.25, 0.3) is 0 Å². The van der Waals surface area contributed by atoms with E-state index < -0.39 is 6.10 Å². The van der Waals surface area contributed by atoms with Crippen LogP contribution < -0.4 is 10.1 Å². The number of hydrogen-bond acceptors (Lipinski definition) is 3. The Morgan fingerprint density at radius 2 is 1.86 bits per heavy atom. The van der Waals surface area contributed by atoms with Gasteiger partial charge in [-0.2, -0.15) is 0 Å². The van der Waals surface area contributed by atoms with E-state index in [4.69, 9.17) is 27.9 Å². The molecule has 5 heteroatoms. The van der Waals surface area contributed by atoms with Gasteiger partial charge in [0.15, 0.2) is 0 Å². The van der Waals surface area contributed by atoms with Crippen LogP contribution in [0.3, 0.4) is 0 Å². The van der Waals surface area contributed by atoms with Crippen molar-refractivity contribution in [2.75, 3.05) is 13.2 Å². The summed E-state index contributed by atoms with van der Waals surface area (Å²) in [6.07, 6.45) is -0.591. The smallest absolute Gasteiger partial charge is 0.139 e. The van der Waals surface area contributed by atoms with Crippen LogP contribution in [0.15, 0.2) is 18.2 Å². The van der Waals surface area contributed by atoms with Crippen molar-refractivity contribution < 1.29 is 9.84 Å². The number of benzene rings is 1. The molecule has 1 fully saturated rings. The number of halogens is 2. The van der Waals surface area contributed by atoms with Crippen molar-refractivity contribution in [1.82, 2.24) is 5.32 Å². The first-order valence-electron chi connectivity index (χ1n) is 7.15. The molecule has 1 aliphatic rings. The van der Waals surface area contributed by atoms with Crippen molar-refractivity contribution in [3.63, 3.8) is 0 Å². The molecular formula is C16H23Cl2NO2. The molecule has 1 saturated carbocycles. The van der Waals surface area contributed by atoms with Crippen molar-refractivity contribution in [2.45, 2.75) is 39.8 Å². The van der Waals surface area contributed by atoms with Crippen molar-refractivity contribution in [1.29, 1.82) is 0 Å². The van der Waals surface area contributed by atoms with Gasteiger partial charge in [0, 0.05) is 23.7 Å². The van der Waals surface area contributed by atoms with Crippen LogP contribution in [0.25, 0.3) is 0 Å². The van der Waals surface area contributed by atoms with Crippen LogP contribution in [-0.2, 0) is 0 Å². The first-order valence-corrected chi connectivity index (χ1v) is 7.91. The quantitative estimate of drug-likeness (QED) is 0.833. The van der Waals surface area contributed by atoms with E-state index >= 15 is 0 Å². The number of ether oxygens (including phenoxy) is 1. The number of rotatable bonds is 6. The Labute approximate surface area is 136 Å². The van der Waals surface area contributed by atoms with Crippen LogP contribution in [-0.4, -0.2) is 30.4 Å². The summed E-state index contributed by atoms with van der Waals surface area (Å²) in [5.74, 6) is 0.496. The summed E-state index contributed by atoms with van der Waals surface area (Å²) < 4.78 is 5.53. The highest BCUT2D eigenvalue weighted by Crippen LogP contribution is 2.62. The average molecular weight is 332 g/mol. The second-order valence-electron chi connectivity index (χ2n) is 6.82. The summed E-state index contributed by atoms with van der Waals surface area (Å²) in [7, 11) is 0. The molecule has 1 atom stereocenters. The van der Waals surface area contributed by atoms with Crippen LogP contribution in [0.4, 0.5) is 0 Å². The van der Waals surface area contributed by atoms with E-state index in [0.717, 1.165) is 0 Å². The molecule has 0 aliphatic heterocycles. The number of aliphatic hydroxyl groups is 1. The van der Waals surface area contributed by atoms with Gasteiger partial charge in [-0.1, -0.05) is 50.9 Å². The minimum absolute atomic E-state index is 0.181. The third kappa shape index (κ3) is 3.48. The van der Waals surface area contributed by atoms with E-state index in [1.807, 2.05) is 0 Å². The van der Waals surface area contributed by atoms with E-state index in [9.17, 15) is 5.11 Å². The molecule has 1 aromatic rings. The van der Waals surface area contributed by atoms with Crippen LogP contribution in [0, 0.1) is 10.8 Å². The molecule has 2 rings (SSSR count). The van der Waals surface area contributed by atoms with Gasteiger partial charge in [0.2, 0.25) is 0 Å². The van der Waals surface area contributed by atoms with Crippen molar-refractivity contribution in [2.24, 2.45) is 10.8 Å². The molecular weight excluding hydrogens is 309 g/mol. The van der Waals surface area contributed by atoms with E-state index in [1.54, 1.807) is 18.2 Å². The molecule has 0 heterocycles. The standard InChI is InChI=1S/C16H23Cl2NO2/c1-15(2)14(16(15,3)4)19-8-11(20)9-21-13-7-10(17)5-6-12(13)18/h5-7,11,14,19-20H,8-9H2,1-4H3. The molecule has 0 radical (unpaired) electrons. The van der Waals surface area contributed by atoms with Gasteiger partial charge < -0.3 is 15.2 Å². The number of nitrogens with one attached hydrogen (secondary N) is 1. The summed E-state index contributed by atoms with van der Waals surface area (Å²) in [5.41, 5.74) is 0.508. The summed E-state index contributed by atoms with van der Waals surface area (Å²) in [6, 6.07) is 5.44. The fourth-order valence-corrected chi connectivity index (χ4v) is 3.13. The maximum absolute atomic E-state index is 10.0. The average Bonchev–Trinajstić information content (AvgIpc) is 2.78. The van der Waals surface area contributed by atoms with Crippen molar-refractivity contribution in [3.05, 3.63) is 28.2 Å². The highest BCUT2D eigenvalue weighted by atomic mass is 35.5. The lowest BCUT2D eigenvalue weighted by Gasteiger charge is -2.15. The van der Waals surface area contributed by atoms with E-state index in [0.29, 0.717) is 28.4 Å². The maximum atomic E-state index is 10.0. The fourth-order valence-electron chi connectivity index (χ4n) is 2.79. The fraction of sp³-hybridized carbons (Fsp3) is 0.625. The molecule has 0 aromatic heterocycles. The lowest BCUT2D eigenvalue weighted by atomic mass is 10.0. The molecule has 3 nitrogen and oxygen atoms in total. The highest BCUT2D eigenvalue weighted by Gasteiger charge is 2.64. The molecule has 2 N–H and O–H groups in total. The first-order chi connectivity index (χ1) is 9.66. The minimum Gasteiger partial charge on any atom is -0.489 e. The van der Waals surface area contributed by atoms with E-state index in [-0.39, 0.29) is 17.4 Å². The van der Waals surface area contributed by atoms with Gasteiger partial charge in [-0.15, -0.1) is 0 Å². The third-order valence-corrected chi connectivity index (χ3v) is 5.45. The molecule has 0 saturated heterocycles. The largest absolute Gasteiger partial charge is 0.489 e. The van der Waals surface area contributed by atoms with Gasteiger partial charge in [0.1, 0.15) is 18.5 Å². The van der Waals surface area contributed by atoms with Gasteiger partial charge in [-0.25, -0.2) is 0 Å². The molecule has 21 heavy (non-hydrogen) atoms. The van der Waals surface area contributed by atoms with E-state index in [1.165, 1.54) is 0 Å². The summed E-state index contributed by atoms with van der Waals surface area (Å²) >= 11 is 11.9. The monoisotopic (exact) mass is 331 g/mol. The first kappa shape index (κ1) is 16.9. The summed E-state index contributed by atoms with van der Waals surface area (Å²) in [6.45, 7) is 9.62. The zero-order valence-electron chi connectivity index (χ0n) is 12.9. The Morgan fingerprint density at radius 3 is 2.43 bits per heavy atom. The van der Waals surface area contributed by atoms with Crippen LogP contribution in [0.2, 0.25) is 10.0 Å². The van der Waals surface area contributed by atoms with Crippen LogP contribution in [0.1, 0.15) is 27.7 Å². The lowest BCUT2D eigenvalue weighted by molar-refractivity contribution is 0.105. The predicted molar refractivity (Wildman–Crippen MR) is 87.3 cm³/mol. The zero-order chi connectivity index (χ0) is 15.8. The summed E-state index contributed by atoms with van der Waals surface area (Å²) in [5, 5.41) is 14.5. The maximum Gasteiger partial charge on any atom is 0.139 e. The molecule has 1 aromatic carbocycles. The van der Waals surface area contributed by atoms with Gasteiger partial charge in [0.05, 0.1) is 5.02 Å². The Balaban J connectivity index is 1.78. The third-order valence-electron chi connectivity index (χ3n) is 4.90. The lowest BCUT2D eigenvalue weighted by Crippen LogP contribution is -2.34. The highest BCUT2D eigenvalue weighted by molar-refractivity contribution is 6.34. The molecule has 118 valence electrons. The SMILES string of the molecule is CC1(C)C(NCC(O)COc2cc(Cl)ccc2Cl)C1(C)C. The molecule has 1 aliphatic carbocycles. The molecule has 0 amide bonds. The topological polar surface area (TPSA) is 41.5 Å².